The summed E-state index contributed by atoms with van der Waals surface area (Å²) in [6.45, 7) is 3.14. The summed E-state index contributed by atoms with van der Waals surface area (Å²) >= 11 is 2.79. The van der Waals surface area contributed by atoms with Gasteiger partial charge in [0.15, 0.2) is 5.78 Å². The van der Waals surface area contributed by atoms with E-state index in [1.54, 1.807) is 6.92 Å². The van der Waals surface area contributed by atoms with Crippen LogP contribution in [0.5, 0.6) is 0 Å². The molecule has 3 nitrogen and oxygen atoms in total. The van der Waals surface area contributed by atoms with E-state index in [1.165, 1.54) is 13.0 Å². The molecular weight excluding hydrogens is 339 g/mol. The zero-order valence-corrected chi connectivity index (χ0v) is 12.4. The number of hydrogen-bond acceptors (Lipinski definition) is 2. The van der Waals surface area contributed by atoms with E-state index in [1.807, 2.05) is 0 Å². The lowest BCUT2D eigenvalue weighted by Crippen LogP contribution is -2.38. The number of carbonyl (C=O) groups excluding carboxylic acids is 2. The van der Waals surface area contributed by atoms with Gasteiger partial charge in [-0.1, -0.05) is 22.9 Å². The quantitative estimate of drug-likeness (QED) is 0.901. The molecule has 0 heterocycles. The van der Waals surface area contributed by atoms with Gasteiger partial charge in [0.05, 0.1) is 11.6 Å². The molecule has 1 rings (SSSR count). The first-order chi connectivity index (χ1) is 9.16. The van der Waals surface area contributed by atoms with Gasteiger partial charge in [-0.05, 0) is 25.1 Å². The number of alkyl halides is 3. The lowest BCUT2D eigenvalue weighted by atomic mass is 10.1. The third-order valence-corrected chi connectivity index (χ3v) is 3.40. The number of ketones is 1. The maximum Gasteiger partial charge on any atom is 0.417 e. The second-order valence-electron chi connectivity index (χ2n) is 4.21. The lowest BCUT2D eigenvalue weighted by Gasteiger charge is -2.14. The van der Waals surface area contributed by atoms with Gasteiger partial charge in [-0.25, -0.2) is 0 Å². The Morgan fingerprint density at radius 3 is 2.45 bits per heavy atom. The van der Waals surface area contributed by atoms with E-state index in [9.17, 15) is 22.8 Å². The predicted octanol–water partition coefficient (Wildman–Crippen LogP) is 3.57. The number of Topliss-reactive ketones (excluding diaryl/α,β-unsaturated/α-hetero) is 1. The normalized spacial score (nSPS) is 12.9. The number of carbonyl (C=O) groups is 2. The van der Waals surface area contributed by atoms with Crippen LogP contribution in [0, 0.1) is 0 Å². The van der Waals surface area contributed by atoms with E-state index >= 15 is 0 Å². The van der Waals surface area contributed by atoms with E-state index in [0.717, 1.165) is 12.1 Å². The summed E-state index contributed by atoms with van der Waals surface area (Å²) in [5, 5.41) is 2.37. The standard InChI is InChI=1S/C13H13BrF3NO2/c1-3-11(19)7(2)18-12(20)8-4-5-10(14)9(6-8)13(15,16)17/h4-7H,3H2,1-2H3,(H,18,20). The van der Waals surface area contributed by atoms with Gasteiger partial charge in [0, 0.05) is 16.5 Å². The third kappa shape index (κ3) is 4.06. The largest absolute Gasteiger partial charge is 0.417 e. The molecule has 1 amide bonds. The van der Waals surface area contributed by atoms with Crippen molar-refractivity contribution in [1.82, 2.24) is 5.32 Å². The van der Waals surface area contributed by atoms with Crippen molar-refractivity contribution in [2.24, 2.45) is 0 Å². The minimum Gasteiger partial charge on any atom is -0.343 e. The van der Waals surface area contributed by atoms with Crippen molar-refractivity contribution in [2.45, 2.75) is 32.5 Å². The second kappa shape index (κ2) is 6.39. The monoisotopic (exact) mass is 351 g/mol. The Labute approximate surface area is 122 Å². The molecule has 0 bridgehead atoms. The minimum atomic E-state index is -4.56. The number of halogens is 4. The van der Waals surface area contributed by atoms with Crippen molar-refractivity contribution in [3.05, 3.63) is 33.8 Å². The maximum absolute atomic E-state index is 12.7. The van der Waals surface area contributed by atoms with Crippen molar-refractivity contribution in [3.63, 3.8) is 0 Å². The van der Waals surface area contributed by atoms with Gasteiger partial charge in [0.2, 0.25) is 0 Å². The van der Waals surface area contributed by atoms with E-state index in [0.29, 0.717) is 0 Å². The number of benzene rings is 1. The van der Waals surface area contributed by atoms with Crippen LogP contribution in [0.15, 0.2) is 22.7 Å². The Bertz CT molecular complexity index is 529. The number of rotatable bonds is 4. The molecule has 0 saturated carbocycles. The van der Waals surface area contributed by atoms with E-state index < -0.39 is 23.7 Å². The number of nitrogens with one attached hydrogen (secondary N) is 1. The molecule has 0 spiro atoms. The van der Waals surface area contributed by atoms with Crippen LogP contribution in [0.2, 0.25) is 0 Å². The van der Waals surface area contributed by atoms with Crippen LogP contribution in [0.3, 0.4) is 0 Å². The summed E-state index contributed by atoms with van der Waals surface area (Å²) in [5.74, 6) is -0.899. The molecule has 7 heteroatoms. The molecule has 0 fully saturated rings. The average molecular weight is 352 g/mol. The molecule has 1 unspecified atom stereocenters. The number of hydrogen-bond donors (Lipinski definition) is 1. The van der Waals surface area contributed by atoms with E-state index in [-0.39, 0.29) is 22.2 Å². The Morgan fingerprint density at radius 1 is 1.35 bits per heavy atom. The van der Waals surface area contributed by atoms with Crippen LogP contribution in [0.25, 0.3) is 0 Å². The zero-order chi connectivity index (χ0) is 15.5. The first kappa shape index (κ1) is 16.7. The van der Waals surface area contributed by atoms with Crippen LogP contribution < -0.4 is 5.32 Å². The van der Waals surface area contributed by atoms with Gasteiger partial charge in [-0.15, -0.1) is 0 Å². The van der Waals surface area contributed by atoms with Gasteiger partial charge in [0.25, 0.3) is 5.91 Å². The highest BCUT2D eigenvalue weighted by atomic mass is 79.9. The first-order valence-corrected chi connectivity index (χ1v) is 6.66. The van der Waals surface area contributed by atoms with Gasteiger partial charge in [-0.3, -0.25) is 9.59 Å². The minimum absolute atomic E-state index is 0.140. The molecule has 0 aliphatic heterocycles. The Hall–Kier alpha value is -1.37. The zero-order valence-electron chi connectivity index (χ0n) is 10.8. The molecule has 0 aliphatic carbocycles. The van der Waals surface area contributed by atoms with Gasteiger partial charge >= 0.3 is 6.18 Å². The fourth-order valence-electron chi connectivity index (χ4n) is 1.55. The second-order valence-corrected chi connectivity index (χ2v) is 5.06. The molecule has 1 aromatic rings. The molecule has 20 heavy (non-hydrogen) atoms. The summed E-state index contributed by atoms with van der Waals surface area (Å²) in [6, 6.07) is 2.44. The predicted molar refractivity (Wildman–Crippen MR) is 71.4 cm³/mol. The Balaban J connectivity index is 2.98. The Morgan fingerprint density at radius 2 is 1.95 bits per heavy atom. The van der Waals surface area contributed by atoms with Crippen molar-refractivity contribution in [2.75, 3.05) is 0 Å². The summed E-state index contributed by atoms with van der Waals surface area (Å²) in [7, 11) is 0. The van der Waals surface area contributed by atoms with Crippen LogP contribution in [0.4, 0.5) is 13.2 Å². The molecule has 1 aromatic carbocycles. The van der Waals surface area contributed by atoms with Crippen LogP contribution in [-0.2, 0) is 11.0 Å². The topological polar surface area (TPSA) is 46.2 Å². The van der Waals surface area contributed by atoms with Crippen molar-refractivity contribution >= 4 is 27.6 Å². The van der Waals surface area contributed by atoms with Gasteiger partial charge < -0.3 is 5.32 Å². The molecular formula is C13H13BrF3NO2. The summed E-state index contributed by atoms with van der Waals surface area (Å²) in [5.41, 5.74) is -1.07. The number of amides is 1. The van der Waals surface area contributed by atoms with Gasteiger partial charge in [0.1, 0.15) is 0 Å². The molecule has 110 valence electrons. The van der Waals surface area contributed by atoms with Crippen molar-refractivity contribution in [1.29, 1.82) is 0 Å². The van der Waals surface area contributed by atoms with E-state index in [4.69, 9.17) is 0 Å². The summed E-state index contributed by atoms with van der Waals surface area (Å²) < 4.78 is 38.0. The molecule has 1 N–H and O–H groups in total. The first-order valence-electron chi connectivity index (χ1n) is 5.87. The molecule has 0 aromatic heterocycles. The molecule has 0 aliphatic rings. The van der Waals surface area contributed by atoms with Crippen LogP contribution in [0.1, 0.15) is 36.2 Å². The lowest BCUT2D eigenvalue weighted by molar-refractivity contribution is -0.138. The fourth-order valence-corrected chi connectivity index (χ4v) is 2.02. The SMILES string of the molecule is CCC(=O)C(C)NC(=O)c1ccc(Br)c(C(F)(F)F)c1. The Kier molecular flexibility index (Phi) is 5.33. The fraction of sp³-hybridized carbons (Fsp3) is 0.385. The average Bonchev–Trinajstić information content (AvgIpc) is 2.36. The smallest absolute Gasteiger partial charge is 0.343 e. The molecule has 0 radical (unpaired) electrons. The van der Waals surface area contributed by atoms with Crippen molar-refractivity contribution in [3.8, 4) is 0 Å². The van der Waals surface area contributed by atoms with Crippen LogP contribution in [-0.4, -0.2) is 17.7 Å². The van der Waals surface area contributed by atoms with E-state index in [2.05, 4.69) is 21.2 Å². The highest BCUT2D eigenvalue weighted by Crippen LogP contribution is 2.35. The summed E-state index contributed by atoms with van der Waals surface area (Å²) in [4.78, 5) is 23.2. The van der Waals surface area contributed by atoms with Crippen LogP contribution >= 0.6 is 15.9 Å². The third-order valence-electron chi connectivity index (χ3n) is 2.71. The molecule has 0 saturated heterocycles. The maximum atomic E-state index is 12.7. The molecule has 1 atom stereocenters. The highest BCUT2D eigenvalue weighted by molar-refractivity contribution is 9.10. The van der Waals surface area contributed by atoms with Gasteiger partial charge in [-0.2, -0.15) is 13.2 Å². The summed E-state index contributed by atoms with van der Waals surface area (Å²) in [6.07, 6.45) is -4.31. The van der Waals surface area contributed by atoms with Crippen molar-refractivity contribution < 1.29 is 22.8 Å². The highest BCUT2D eigenvalue weighted by Gasteiger charge is 2.33.